The molecule has 1 heterocycles. The zero-order valence-electron chi connectivity index (χ0n) is 20.1. The van der Waals surface area contributed by atoms with Crippen molar-refractivity contribution in [2.24, 2.45) is 0 Å². The number of rotatable bonds is 7. The maximum absolute atomic E-state index is 13.5. The van der Waals surface area contributed by atoms with Crippen LogP contribution in [0.2, 0.25) is 10.0 Å². The van der Waals surface area contributed by atoms with Crippen molar-refractivity contribution in [3.8, 4) is 0 Å². The molecule has 1 aliphatic rings. The molecule has 1 aliphatic heterocycles. The van der Waals surface area contributed by atoms with Gasteiger partial charge in [-0.25, -0.2) is 18.3 Å². The van der Waals surface area contributed by atoms with Crippen LogP contribution in [0, 0.1) is 5.82 Å². The molecule has 3 aromatic carbocycles. The van der Waals surface area contributed by atoms with Crippen LogP contribution < -0.4 is 5.32 Å². The van der Waals surface area contributed by atoms with E-state index in [0.717, 1.165) is 23.3 Å². The van der Waals surface area contributed by atoms with Crippen molar-refractivity contribution >= 4 is 52.8 Å². The zero-order valence-corrected chi connectivity index (χ0v) is 22.5. The number of nitrogens with one attached hydrogen (secondary N) is 1. The lowest BCUT2D eigenvalue weighted by atomic mass is 10.1. The molecule has 0 radical (unpaired) electrons. The Kier molecular flexibility index (Phi) is 9.32. The molecule has 1 N–H and O–H groups in total. The molecular formula is C27H26Cl2FN3O3S. The molecule has 0 aliphatic carbocycles. The number of esters is 1. The highest BCUT2D eigenvalue weighted by Crippen LogP contribution is 2.32. The van der Waals surface area contributed by atoms with Gasteiger partial charge in [-0.2, -0.15) is 0 Å². The van der Waals surface area contributed by atoms with Crippen LogP contribution in [-0.2, 0) is 11.3 Å². The highest BCUT2D eigenvalue weighted by Gasteiger charge is 2.29. The van der Waals surface area contributed by atoms with Crippen LogP contribution in [-0.4, -0.2) is 47.4 Å². The maximum atomic E-state index is 13.5. The standard InChI is InChI=1S/C27H26Cl2FN3O3S/c1-36-26(34)19-6-4-18(5-7-19)16-33(37-23-11-8-20(28)9-12-23)22-3-2-14-32(17-22)27(35)31-21-10-13-25(30)24(29)15-21/h4-13,15,22H,2-3,14,16-17H2,1H3,(H,31,35). The number of nitrogens with zero attached hydrogens (tertiary/aromatic N) is 2. The summed E-state index contributed by atoms with van der Waals surface area (Å²) in [7, 11) is 1.36. The van der Waals surface area contributed by atoms with E-state index in [1.54, 1.807) is 29.0 Å². The maximum Gasteiger partial charge on any atom is 0.337 e. The summed E-state index contributed by atoms with van der Waals surface area (Å²) in [5.41, 5.74) is 1.96. The van der Waals surface area contributed by atoms with E-state index >= 15 is 0 Å². The lowest BCUT2D eigenvalue weighted by molar-refractivity contribution is 0.0600. The lowest BCUT2D eigenvalue weighted by Crippen LogP contribution is -2.49. The quantitative estimate of drug-likeness (QED) is 0.245. The number of likely N-dealkylation sites (tertiary alicyclic amines) is 1. The molecule has 0 aromatic heterocycles. The fourth-order valence-electron chi connectivity index (χ4n) is 4.06. The molecule has 194 valence electrons. The van der Waals surface area contributed by atoms with Gasteiger partial charge in [-0.1, -0.05) is 35.3 Å². The summed E-state index contributed by atoms with van der Waals surface area (Å²) in [6.07, 6.45) is 1.74. The van der Waals surface area contributed by atoms with Gasteiger partial charge in [0.2, 0.25) is 0 Å². The number of piperidine rings is 1. The van der Waals surface area contributed by atoms with Gasteiger partial charge in [0.15, 0.2) is 0 Å². The molecule has 2 amide bonds. The monoisotopic (exact) mass is 561 g/mol. The Balaban J connectivity index is 1.49. The number of halogens is 3. The molecule has 3 aromatic rings. The summed E-state index contributed by atoms with van der Waals surface area (Å²) in [5, 5.41) is 3.44. The number of anilines is 1. The number of hydrogen-bond donors (Lipinski definition) is 1. The van der Waals surface area contributed by atoms with Crippen molar-refractivity contribution in [3.05, 3.63) is 93.7 Å². The summed E-state index contributed by atoms with van der Waals surface area (Å²) >= 11 is 13.5. The Labute approximate surface area is 229 Å². The normalized spacial score (nSPS) is 15.5. The van der Waals surface area contributed by atoms with Gasteiger partial charge in [0.1, 0.15) is 5.82 Å². The predicted octanol–water partition coefficient (Wildman–Crippen LogP) is 7.12. The highest BCUT2D eigenvalue weighted by atomic mass is 35.5. The van der Waals surface area contributed by atoms with Crippen molar-refractivity contribution in [1.29, 1.82) is 0 Å². The number of benzene rings is 3. The van der Waals surface area contributed by atoms with Crippen molar-refractivity contribution in [1.82, 2.24) is 9.21 Å². The highest BCUT2D eigenvalue weighted by molar-refractivity contribution is 7.97. The largest absolute Gasteiger partial charge is 0.465 e. The van der Waals surface area contributed by atoms with Crippen molar-refractivity contribution in [2.75, 3.05) is 25.5 Å². The first kappa shape index (κ1) is 27.3. The third kappa shape index (κ3) is 7.38. The molecule has 1 unspecified atom stereocenters. The van der Waals surface area contributed by atoms with E-state index in [1.807, 2.05) is 36.4 Å². The molecular weight excluding hydrogens is 536 g/mol. The molecule has 1 saturated heterocycles. The van der Waals surface area contributed by atoms with Gasteiger partial charge in [0, 0.05) is 41.3 Å². The second-order valence-corrected chi connectivity index (χ2v) is 10.6. The topological polar surface area (TPSA) is 61.9 Å². The van der Waals surface area contributed by atoms with E-state index in [2.05, 4.69) is 9.62 Å². The minimum Gasteiger partial charge on any atom is -0.465 e. The van der Waals surface area contributed by atoms with Crippen molar-refractivity contribution < 1.29 is 18.7 Å². The third-order valence-corrected chi connectivity index (χ3v) is 7.70. The molecule has 0 saturated carbocycles. The Morgan fingerprint density at radius 2 is 1.84 bits per heavy atom. The Hall–Kier alpha value is -2.78. The molecule has 1 atom stereocenters. The average molecular weight is 562 g/mol. The summed E-state index contributed by atoms with van der Waals surface area (Å²) in [5.74, 6) is -0.914. The molecule has 0 bridgehead atoms. The second-order valence-electron chi connectivity index (χ2n) is 8.61. The van der Waals surface area contributed by atoms with E-state index in [9.17, 15) is 14.0 Å². The minimum absolute atomic E-state index is 0.0434. The molecule has 10 heteroatoms. The van der Waals surface area contributed by atoms with Crippen LogP contribution in [0.4, 0.5) is 14.9 Å². The molecule has 1 fully saturated rings. The van der Waals surface area contributed by atoms with Crippen LogP contribution in [0.25, 0.3) is 0 Å². The van der Waals surface area contributed by atoms with Crippen LogP contribution in [0.1, 0.15) is 28.8 Å². The van der Waals surface area contributed by atoms with E-state index < -0.39 is 5.82 Å². The van der Waals surface area contributed by atoms with Gasteiger partial charge in [-0.3, -0.25) is 0 Å². The summed E-state index contributed by atoms with van der Waals surface area (Å²) in [6.45, 7) is 1.73. The fraction of sp³-hybridized carbons (Fsp3) is 0.259. The smallest absolute Gasteiger partial charge is 0.337 e. The number of ether oxygens (including phenoxy) is 1. The van der Waals surface area contributed by atoms with E-state index in [4.69, 9.17) is 27.9 Å². The molecule has 6 nitrogen and oxygen atoms in total. The van der Waals surface area contributed by atoms with Gasteiger partial charge < -0.3 is 15.0 Å². The third-order valence-electron chi connectivity index (χ3n) is 6.01. The first-order valence-electron chi connectivity index (χ1n) is 11.7. The molecule has 4 rings (SSSR count). The van der Waals surface area contributed by atoms with Gasteiger partial charge in [-0.05, 0) is 85.0 Å². The fourth-order valence-corrected chi connectivity index (χ4v) is 5.43. The average Bonchev–Trinajstić information content (AvgIpc) is 2.91. The van der Waals surface area contributed by atoms with Crippen molar-refractivity contribution in [2.45, 2.75) is 30.3 Å². The zero-order chi connectivity index (χ0) is 26.4. The SMILES string of the molecule is COC(=O)c1ccc(CN(Sc2ccc(Cl)cc2)C2CCCN(C(=O)Nc3ccc(F)c(Cl)c3)C2)cc1. The number of methoxy groups -OCH3 is 1. The summed E-state index contributed by atoms with van der Waals surface area (Å²) in [6, 6.07) is 18.9. The Bertz CT molecular complexity index is 1240. The van der Waals surface area contributed by atoms with Crippen molar-refractivity contribution in [3.63, 3.8) is 0 Å². The second kappa shape index (κ2) is 12.6. The summed E-state index contributed by atoms with van der Waals surface area (Å²) < 4.78 is 20.5. The number of hydrogen-bond acceptors (Lipinski definition) is 5. The van der Waals surface area contributed by atoms with Gasteiger partial charge in [-0.15, -0.1) is 0 Å². The van der Waals surface area contributed by atoms with E-state index in [1.165, 1.54) is 25.3 Å². The first-order valence-corrected chi connectivity index (χ1v) is 13.2. The first-order chi connectivity index (χ1) is 17.8. The van der Waals surface area contributed by atoms with Gasteiger partial charge >= 0.3 is 12.0 Å². The van der Waals surface area contributed by atoms with Gasteiger partial charge in [0.25, 0.3) is 0 Å². The minimum atomic E-state index is -0.535. The Morgan fingerprint density at radius 3 is 2.51 bits per heavy atom. The van der Waals surface area contributed by atoms with Crippen LogP contribution in [0.15, 0.2) is 71.6 Å². The number of amides is 2. The lowest BCUT2D eigenvalue weighted by Gasteiger charge is -2.38. The number of urea groups is 1. The number of carbonyl (C=O) groups excluding carboxylic acids is 2. The van der Waals surface area contributed by atoms with Crippen LogP contribution in [0.5, 0.6) is 0 Å². The van der Waals surface area contributed by atoms with Crippen LogP contribution >= 0.6 is 35.1 Å². The number of carbonyl (C=O) groups is 2. The van der Waals surface area contributed by atoms with E-state index in [0.29, 0.717) is 35.9 Å². The van der Waals surface area contributed by atoms with E-state index in [-0.39, 0.29) is 23.1 Å². The summed E-state index contributed by atoms with van der Waals surface area (Å²) in [4.78, 5) is 27.6. The molecule has 0 spiro atoms. The van der Waals surface area contributed by atoms with Crippen LogP contribution in [0.3, 0.4) is 0 Å². The Morgan fingerprint density at radius 1 is 1.11 bits per heavy atom. The predicted molar refractivity (Wildman–Crippen MR) is 146 cm³/mol. The molecule has 37 heavy (non-hydrogen) atoms. The van der Waals surface area contributed by atoms with Gasteiger partial charge in [0.05, 0.1) is 17.7 Å².